The Morgan fingerprint density at radius 1 is 1.04 bits per heavy atom. The number of benzene rings is 2. The summed E-state index contributed by atoms with van der Waals surface area (Å²) in [4.78, 5) is 37.2. The summed E-state index contributed by atoms with van der Waals surface area (Å²) in [5.41, 5.74) is 0.712. The number of hydrogen-bond acceptors (Lipinski definition) is 4. The molecule has 1 aliphatic heterocycles. The lowest BCUT2D eigenvalue weighted by molar-refractivity contribution is -0.143. The Kier molecular flexibility index (Phi) is 4.81. The van der Waals surface area contributed by atoms with Crippen molar-refractivity contribution in [1.82, 2.24) is 4.90 Å². The molecule has 0 aromatic heterocycles. The summed E-state index contributed by atoms with van der Waals surface area (Å²) in [6.07, 6.45) is -0.326. The van der Waals surface area contributed by atoms with Crippen molar-refractivity contribution in [2.45, 2.75) is 6.42 Å². The Morgan fingerprint density at radius 2 is 1.68 bits per heavy atom. The molecule has 3 rings (SSSR count). The Labute approximate surface area is 147 Å². The minimum atomic E-state index is -0.691. The SMILES string of the molecule is O=C(Cc1c(F)cccc1Cl)OCCN1C(=O)c2ccccc2C1=O. The van der Waals surface area contributed by atoms with E-state index >= 15 is 0 Å². The van der Waals surface area contributed by atoms with Gasteiger partial charge in [0.25, 0.3) is 11.8 Å². The van der Waals surface area contributed by atoms with Crippen LogP contribution in [0.3, 0.4) is 0 Å². The molecule has 128 valence electrons. The van der Waals surface area contributed by atoms with Crippen LogP contribution < -0.4 is 0 Å². The molecule has 0 aliphatic carbocycles. The minimum Gasteiger partial charge on any atom is -0.464 e. The van der Waals surface area contributed by atoms with E-state index in [9.17, 15) is 18.8 Å². The van der Waals surface area contributed by atoms with E-state index in [1.807, 2.05) is 0 Å². The third-order valence-corrected chi connectivity index (χ3v) is 4.19. The van der Waals surface area contributed by atoms with Gasteiger partial charge in [-0.15, -0.1) is 0 Å². The monoisotopic (exact) mass is 361 g/mol. The number of amides is 2. The lowest BCUT2D eigenvalue weighted by Crippen LogP contribution is -2.33. The quantitative estimate of drug-likeness (QED) is 0.607. The molecule has 0 radical (unpaired) electrons. The van der Waals surface area contributed by atoms with Gasteiger partial charge in [0, 0.05) is 10.6 Å². The van der Waals surface area contributed by atoms with E-state index in [1.165, 1.54) is 18.2 Å². The number of hydrogen-bond donors (Lipinski definition) is 0. The molecular formula is C18H13ClFNO4. The van der Waals surface area contributed by atoms with Crippen molar-refractivity contribution in [3.05, 3.63) is 70.0 Å². The van der Waals surface area contributed by atoms with Crippen molar-refractivity contribution in [1.29, 1.82) is 0 Å². The van der Waals surface area contributed by atoms with Gasteiger partial charge in [0.2, 0.25) is 0 Å². The fourth-order valence-corrected chi connectivity index (χ4v) is 2.82. The van der Waals surface area contributed by atoms with E-state index in [1.54, 1.807) is 24.3 Å². The summed E-state index contributed by atoms with van der Waals surface area (Å²) in [7, 11) is 0. The highest BCUT2D eigenvalue weighted by Crippen LogP contribution is 2.22. The highest BCUT2D eigenvalue weighted by atomic mass is 35.5. The lowest BCUT2D eigenvalue weighted by atomic mass is 10.1. The van der Waals surface area contributed by atoms with Crippen molar-refractivity contribution in [3.8, 4) is 0 Å². The van der Waals surface area contributed by atoms with Gasteiger partial charge in [0.1, 0.15) is 12.4 Å². The molecule has 0 spiro atoms. The van der Waals surface area contributed by atoms with Crippen LogP contribution in [-0.4, -0.2) is 35.8 Å². The van der Waals surface area contributed by atoms with Gasteiger partial charge in [-0.1, -0.05) is 29.8 Å². The average molecular weight is 362 g/mol. The highest BCUT2D eigenvalue weighted by Gasteiger charge is 2.34. The van der Waals surface area contributed by atoms with Gasteiger partial charge in [-0.3, -0.25) is 19.3 Å². The second kappa shape index (κ2) is 7.03. The molecule has 2 aromatic rings. The molecule has 0 fully saturated rings. The Hall–Kier alpha value is -2.73. The predicted octanol–water partition coefficient (Wildman–Crippen LogP) is 2.86. The zero-order valence-corrected chi connectivity index (χ0v) is 13.8. The Morgan fingerprint density at radius 3 is 2.28 bits per heavy atom. The molecule has 1 aliphatic rings. The summed E-state index contributed by atoms with van der Waals surface area (Å²) in [5.74, 6) is -2.13. The Balaban J connectivity index is 1.56. The molecule has 1 heterocycles. The second-order valence-corrected chi connectivity index (χ2v) is 5.81. The zero-order valence-electron chi connectivity index (χ0n) is 13.0. The minimum absolute atomic E-state index is 0.0508. The van der Waals surface area contributed by atoms with Gasteiger partial charge in [-0.25, -0.2) is 4.39 Å². The fourth-order valence-electron chi connectivity index (χ4n) is 2.59. The first-order valence-corrected chi connectivity index (χ1v) is 7.90. The normalized spacial score (nSPS) is 13.1. The molecule has 2 amide bonds. The van der Waals surface area contributed by atoms with Crippen LogP contribution in [0.15, 0.2) is 42.5 Å². The number of rotatable bonds is 5. The summed E-state index contributed by atoms with van der Waals surface area (Å²) in [6, 6.07) is 10.6. The maximum absolute atomic E-state index is 13.6. The standard InChI is InChI=1S/C18H13ClFNO4/c19-14-6-3-7-15(20)13(14)10-16(22)25-9-8-21-17(23)11-4-1-2-5-12(11)18(21)24/h1-7H,8-10H2. The number of esters is 1. The summed E-state index contributed by atoms with van der Waals surface area (Å²) < 4.78 is 18.6. The van der Waals surface area contributed by atoms with Gasteiger partial charge < -0.3 is 4.74 Å². The van der Waals surface area contributed by atoms with Gasteiger partial charge in [-0.2, -0.15) is 0 Å². The number of ether oxygens (including phenoxy) is 1. The molecule has 5 nitrogen and oxygen atoms in total. The van der Waals surface area contributed by atoms with Crippen molar-refractivity contribution in [2.75, 3.05) is 13.2 Å². The van der Waals surface area contributed by atoms with Crippen LogP contribution >= 0.6 is 11.6 Å². The van der Waals surface area contributed by atoms with E-state index in [2.05, 4.69) is 0 Å². The molecule has 0 atom stereocenters. The first-order valence-electron chi connectivity index (χ1n) is 7.53. The van der Waals surface area contributed by atoms with Crippen molar-refractivity contribution >= 4 is 29.4 Å². The van der Waals surface area contributed by atoms with E-state index < -0.39 is 23.6 Å². The van der Waals surface area contributed by atoms with Crippen molar-refractivity contribution < 1.29 is 23.5 Å². The molecular weight excluding hydrogens is 349 g/mol. The third-order valence-electron chi connectivity index (χ3n) is 3.84. The third kappa shape index (κ3) is 3.39. The van der Waals surface area contributed by atoms with Crippen LogP contribution in [0.2, 0.25) is 5.02 Å². The van der Waals surface area contributed by atoms with E-state index in [-0.39, 0.29) is 30.2 Å². The number of carbonyl (C=O) groups excluding carboxylic acids is 3. The molecule has 7 heteroatoms. The molecule has 0 unspecified atom stereocenters. The van der Waals surface area contributed by atoms with Gasteiger partial charge >= 0.3 is 5.97 Å². The number of carbonyl (C=O) groups is 3. The molecule has 25 heavy (non-hydrogen) atoms. The van der Waals surface area contributed by atoms with Crippen LogP contribution in [0.4, 0.5) is 4.39 Å². The second-order valence-electron chi connectivity index (χ2n) is 5.40. The highest BCUT2D eigenvalue weighted by molar-refractivity contribution is 6.31. The number of halogens is 2. The smallest absolute Gasteiger partial charge is 0.310 e. The van der Waals surface area contributed by atoms with Crippen LogP contribution in [0.5, 0.6) is 0 Å². The predicted molar refractivity (Wildman–Crippen MR) is 87.9 cm³/mol. The van der Waals surface area contributed by atoms with Gasteiger partial charge in [-0.05, 0) is 24.3 Å². The summed E-state index contributed by atoms with van der Waals surface area (Å²) >= 11 is 5.86. The molecule has 0 saturated heterocycles. The first kappa shape index (κ1) is 17.1. The zero-order chi connectivity index (χ0) is 18.0. The van der Waals surface area contributed by atoms with Gasteiger partial charge in [0.15, 0.2) is 0 Å². The number of nitrogens with zero attached hydrogens (tertiary/aromatic N) is 1. The van der Waals surface area contributed by atoms with Gasteiger partial charge in [0.05, 0.1) is 24.1 Å². The summed E-state index contributed by atoms with van der Waals surface area (Å²) in [5, 5.41) is 0.136. The topological polar surface area (TPSA) is 63.7 Å². The van der Waals surface area contributed by atoms with E-state index in [0.29, 0.717) is 11.1 Å². The molecule has 2 aromatic carbocycles. The molecule has 0 N–H and O–H groups in total. The largest absolute Gasteiger partial charge is 0.464 e. The van der Waals surface area contributed by atoms with E-state index in [4.69, 9.17) is 16.3 Å². The summed E-state index contributed by atoms with van der Waals surface area (Å²) in [6.45, 7) is -0.237. The van der Waals surface area contributed by atoms with Crippen LogP contribution in [-0.2, 0) is 16.0 Å². The number of imide groups is 1. The maximum atomic E-state index is 13.6. The van der Waals surface area contributed by atoms with Crippen LogP contribution in [0.25, 0.3) is 0 Å². The van der Waals surface area contributed by atoms with Crippen LogP contribution in [0.1, 0.15) is 26.3 Å². The molecule has 0 bridgehead atoms. The molecule has 0 saturated carbocycles. The Bertz CT molecular complexity index is 813. The fraction of sp³-hybridized carbons (Fsp3) is 0.167. The van der Waals surface area contributed by atoms with Crippen molar-refractivity contribution in [2.24, 2.45) is 0 Å². The lowest BCUT2D eigenvalue weighted by Gasteiger charge is -2.14. The maximum Gasteiger partial charge on any atom is 0.310 e. The van der Waals surface area contributed by atoms with Crippen molar-refractivity contribution in [3.63, 3.8) is 0 Å². The van der Waals surface area contributed by atoms with Crippen LogP contribution in [0, 0.1) is 5.82 Å². The number of fused-ring (bicyclic) bond motifs is 1. The van der Waals surface area contributed by atoms with E-state index in [0.717, 1.165) is 4.90 Å². The first-order chi connectivity index (χ1) is 12.0. The average Bonchev–Trinajstić information content (AvgIpc) is 2.84.